The Bertz CT molecular complexity index is 1530. The quantitative estimate of drug-likeness (QED) is 0.329. The van der Waals surface area contributed by atoms with Gasteiger partial charge in [-0.3, -0.25) is 14.6 Å². The summed E-state index contributed by atoms with van der Waals surface area (Å²) in [6.07, 6.45) is 0.742. The number of aromatic nitrogens is 7. The van der Waals surface area contributed by atoms with E-state index in [0.29, 0.717) is 29.0 Å². The molecular formula is C25H23F3N8O3. The molecule has 1 saturated carbocycles. The minimum atomic E-state index is -4.67. The second-order valence-electron chi connectivity index (χ2n) is 9.20. The zero-order valence-corrected chi connectivity index (χ0v) is 20.9. The predicted octanol–water partition coefficient (Wildman–Crippen LogP) is 4.19. The molecule has 3 heterocycles. The number of nitrogens with zero attached hydrogens (tertiary/aromatic N) is 7. The maximum Gasteiger partial charge on any atom is 0.419 e. The third-order valence-corrected chi connectivity index (χ3v) is 6.11. The van der Waals surface area contributed by atoms with Crippen LogP contribution in [0.3, 0.4) is 0 Å². The molecule has 0 radical (unpaired) electrons. The Morgan fingerprint density at radius 2 is 2.00 bits per heavy atom. The monoisotopic (exact) mass is 540 g/mol. The van der Waals surface area contributed by atoms with Crippen molar-refractivity contribution in [3.8, 4) is 17.1 Å². The van der Waals surface area contributed by atoms with Gasteiger partial charge in [0.1, 0.15) is 12.3 Å². The molecule has 1 aliphatic rings. The van der Waals surface area contributed by atoms with Crippen molar-refractivity contribution >= 4 is 17.6 Å². The molecule has 14 heteroatoms. The predicted molar refractivity (Wildman–Crippen MR) is 131 cm³/mol. The van der Waals surface area contributed by atoms with E-state index in [1.807, 2.05) is 0 Å². The van der Waals surface area contributed by atoms with E-state index in [1.165, 1.54) is 22.5 Å². The molecule has 1 unspecified atom stereocenters. The molecule has 1 N–H and O–H groups in total. The fourth-order valence-corrected chi connectivity index (χ4v) is 3.98. The summed E-state index contributed by atoms with van der Waals surface area (Å²) in [7, 11) is 0. The van der Waals surface area contributed by atoms with Crippen molar-refractivity contribution in [2.75, 3.05) is 11.9 Å². The average Bonchev–Trinajstić information content (AvgIpc) is 3.42. The summed E-state index contributed by atoms with van der Waals surface area (Å²) in [4.78, 5) is 32.2. The van der Waals surface area contributed by atoms with Gasteiger partial charge in [0.05, 0.1) is 29.3 Å². The van der Waals surface area contributed by atoms with Crippen LogP contribution in [-0.4, -0.2) is 53.2 Å². The van der Waals surface area contributed by atoms with Crippen molar-refractivity contribution < 1.29 is 27.5 Å². The molecule has 0 aliphatic heterocycles. The number of imidazole rings is 1. The highest BCUT2D eigenvalue weighted by Gasteiger charge is 2.36. The summed E-state index contributed by atoms with van der Waals surface area (Å²) < 4.78 is 49.0. The third-order valence-electron chi connectivity index (χ3n) is 6.11. The molecule has 1 aliphatic carbocycles. The van der Waals surface area contributed by atoms with Gasteiger partial charge >= 0.3 is 12.1 Å². The smallest absolute Gasteiger partial charge is 0.419 e. The van der Waals surface area contributed by atoms with Gasteiger partial charge in [0.2, 0.25) is 0 Å². The summed E-state index contributed by atoms with van der Waals surface area (Å²) in [6.45, 7) is 3.13. The number of halogens is 3. The Labute approximate surface area is 220 Å². The summed E-state index contributed by atoms with van der Waals surface area (Å²) in [6, 6.07) is 7.34. The van der Waals surface area contributed by atoms with Crippen LogP contribution in [0.2, 0.25) is 0 Å². The van der Waals surface area contributed by atoms with Crippen molar-refractivity contribution in [2.45, 2.75) is 44.8 Å². The van der Waals surface area contributed by atoms with Gasteiger partial charge in [0.25, 0.3) is 5.91 Å². The lowest BCUT2D eigenvalue weighted by atomic mass is 10.1. The maximum atomic E-state index is 13.7. The number of esters is 1. The molecule has 1 fully saturated rings. The number of nitrogens with one attached hydrogen (secondary N) is 1. The zero-order valence-electron chi connectivity index (χ0n) is 20.9. The van der Waals surface area contributed by atoms with Crippen LogP contribution in [0.5, 0.6) is 0 Å². The number of carbonyl (C=O) groups is 2. The Morgan fingerprint density at radius 3 is 2.72 bits per heavy atom. The van der Waals surface area contributed by atoms with E-state index in [4.69, 9.17) is 4.74 Å². The van der Waals surface area contributed by atoms with Crippen molar-refractivity contribution in [3.05, 3.63) is 66.0 Å². The molecule has 0 saturated heterocycles. The number of rotatable bonds is 8. The van der Waals surface area contributed by atoms with E-state index in [0.717, 1.165) is 18.9 Å². The standard InChI is InChI=1S/C25H23F3N8O3/c1-14(12-39-15(2)37)36-23(32-33-34-36)17-4-3-5-18(8-17)31-24(38)20-9-22(19(10-29-20)25(26,27)28)35-11-21(30-13-35)16-6-7-16/h3-5,8-11,13-14,16H,6-7,12H2,1-2H3,(H,31,38). The highest BCUT2D eigenvalue weighted by Crippen LogP contribution is 2.40. The van der Waals surface area contributed by atoms with Crippen LogP contribution in [0.25, 0.3) is 17.1 Å². The Balaban J connectivity index is 1.39. The molecule has 39 heavy (non-hydrogen) atoms. The molecule has 1 amide bonds. The van der Waals surface area contributed by atoms with E-state index < -0.39 is 23.6 Å². The molecule has 202 valence electrons. The van der Waals surface area contributed by atoms with Crippen molar-refractivity contribution in [1.29, 1.82) is 0 Å². The molecule has 0 bridgehead atoms. The van der Waals surface area contributed by atoms with Gasteiger partial charge in [-0.1, -0.05) is 12.1 Å². The van der Waals surface area contributed by atoms with Gasteiger partial charge in [-0.25, -0.2) is 9.67 Å². The highest BCUT2D eigenvalue weighted by atomic mass is 19.4. The van der Waals surface area contributed by atoms with E-state index >= 15 is 0 Å². The number of carbonyl (C=O) groups excluding carboxylic acids is 2. The number of hydrogen-bond acceptors (Lipinski definition) is 8. The van der Waals surface area contributed by atoms with Crippen LogP contribution < -0.4 is 5.32 Å². The van der Waals surface area contributed by atoms with Crippen molar-refractivity contribution in [1.82, 2.24) is 34.7 Å². The van der Waals surface area contributed by atoms with Gasteiger partial charge in [-0.05, 0) is 48.4 Å². The number of ether oxygens (including phenoxy) is 1. The molecule has 3 aromatic heterocycles. The van der Waals surface area contributed by atoms with Gasteiger partial charge in [0, 0.05) is 36.5 Å². The molecule has 5 rings (SSSR count). The number of pyridine rings is 1. The molecule has 4 aromatic rings. The van der Waals surface area contributed by atoms with E-state index in [1.54, 1.807) is 37.4 Å². The number of alkyl halides is 3. The minimum Gasteiger partial charge on any atom is -0.464 e. The van der Waals surface area contributed by atoms with Gasteiger partial charge < -0.3 is 14.6 Å². The van der Waals surface area contributed by atoms with Gasteiger partial charge in [-0.15, -0.1) is 5.10 Å². The normalized spacial score (nSPS) is 14.2. The summed E-state index contributed by atoms with van der Waals surface area (Å²) in [5, 5.41) is 14.3. The van der Waals surface area contributed by atoms with Crippen LogP contribution in [0.15, 0.2) is 49.1 Å². The van der Waals surface area contributed by atoms with Crippen LogP contribution in [-0.2, 0) is 15.7 Å². The number of tetrazole rings is 1. The molecule has 1 aromatic carbocycles. The number of hydrogen-bond donors (Lipinski definition) is 1. The van der Waals surface area contributed by atoms with Crippen LogP contribution >= 0.6 is 0 Å². The van der Waals surface area contributed by atoms with E-state index in [9.17, 15) is 22.8 Å². The van der Waals surface area contributed by atoms with E-state index in [2.05, 4.69) is 30.8 Å². The molecular weight excluding hydrogens is 517 g/mol. The molecule has 11 nitrogen and oxygen atoms in total. The first-order valence-corrected chi connectivity index (χ1v) is 12.0. The van der Waals surface area contributed by atoms with Crippen LogP contribution in [0.1, 0.15) is 60.4 Å². The summed E-state index contributed by atoms with van der Waals surface area (Å²) >= 11 is 0. The third kappa shape index (κ3) is 5.78. The fraction of sp³-hybridized carbons (Fsp3) is 0.320. The topological polar surface area (TPSA) is 130 Å². The largest absolute Gasteiger partial charge is 0.464 e. The highest BCUT2D eigenvalue weighted by molar-refractivity contribution is 6.03. The van der Waals surface area contributed by atoms with E-state index in [-0.39, 0.29) is 29.9 Å². The summed E-state index contributed by atoms with van der Waals surface area (Å²) in [5.41, 5.74) is 0.200. The van der Waals surface area contributed by atoms with Crippen LogP contribution in [0, 0.1) is 0 Å². The SMILES string of the molecule is CC(=O)OCC(C)n1nnnc1-c1cccc(NC(=O)c2cc(-n3cnc(C4CC4)c3)c(C(F)(F)F)cn2)c1. The Morgan fingerprint density at radius 1 is 1.21 bits per heavy atom. The average molecular weight is 541 g/mol. The Hall–Kier alpha value is -4.62. The van der Waals surface area contributed by atoms with Crippen molar-refractivity contribution in [2.24, 2.45) is 0 Å². The Kier molecular flexibility index (Phi) is 6.85. The maximum absolute atomic E-state index is 13.7. The second-order valence-corrected chi connectivity index (χ2v) is 9.20. The first-order chi connectivity index (χ1) is 18.6. The zero-order chi connectivity index (χ0) is 27.7. The molecule has 1 atom stereocenters. The number of amides is 1. The van der Waals surface area contributed by atoms with Crippen molar-refractivity contribution in [3.63, 3.8) is 0 Å². The first kappa shape index (κ1) is 26.0. The lowest BCUT2D eigenvalue weighted by Crippen LogP contribution is -2.18. The number of anilines is 1. The van der Waals surface area contributed by atoms with Gasteiger partial charge in [-0.2, -0.15) is 13.2 Å². The molecule has 0 spiro atoms. The lowest BCUT2D eigenvalue weighted by Gasteiger charge is -2.15. The van der Waals surface area contributed by atoms with Gasteiger partial charge in [0.15, 0.2) is 5.82 Å². The second kappa shape index (κ2) is 10.3. The van der Waals surface area contributed by atoms with Crippen LogP contribution in [0.4, 0.5) is 18.9 Å². The fourth-order valence-electron chi connectivity index (χ4n) is 3.98. The number of benzene rings is 1. The first-order valence-electron chi connectivity index (χ1n) is 12.0. The lowest BCUT2D eigenvalue weighted by molar-refractivity contribution is -0.142. The summed E-state index contributed by atoms with van der Waals surface area (Å²) in [5.74, 6) is -0.513. The minimum absolute atomic E-state index is 0.0603.